The van der Waals surface area contributed by atoms with Crippen molar-refractivity contribution in [3.05, 3.63) is 70.8 Å². The number of hydrogen-bond donors (Lipinski definition) is 3. The van der Waals surface area contributed by atoms with Gasteiger partial charge in [0, 0.05) is 26.2 Å². The molecule has 2 aromatic heterocycles. The number of carbonyl (C=O) groups is 1. The summed E-state index contributed by atoms with van der Waals surface area (Å²) in [5.41, 5.74) is 2.70. The molecule has 38 heavy (non-hydrogen) atoms. The first-order valence-corrected chi connectivity index (χ1v) is 12.1. The number of nitrogens with one attached hydrogen (secondary N) is 3. The van der Waals surface area contributed by atoms with Gasteiger partial charge in [-0.25, -0.2) is 14.3 Å². The van der Waals surface area contributed by atoms with Crippen molar-refractivity contribution >= 4 is 51.6 Å². The van der Waals surface area contributed by atoms with Crippen LogP contribution in [0.2, 0.25) is 5.02 Å². The van der Waals surface area contributed by atoms with Gasteiger partial charge < -0.3 is 30.2 Å². The van der Waals surface area contributed by atoms with E-state index >= 15 is 0 Å². The van der Waals surface area contributed by atoms with Gasteiger partial charge in [0.25, 0.3) is 0 Å². The van der Waals surface area contributed by atoms with Gasteiger partial charge in [-0.15, -0.1) is 0 Å². The second-order valence-corrected chi connectivity index (χ2v) is 9.17. The molecule has 11 nitrogen and oxygen atoms in total. The van der Waals surface area contributed by atoms with E-state index in [1.807, 2.05) is 44.2 Å². The predicted molar refractivity (Wildman–Crippen MR) is 151 cm³/mol. The minimum Gasteiger partial charge on any atom is -0.494 e. The molecular formula is C26H29ClN8O3. The summed E-state index contributed by atoms with van der Waals surface area (Å²) in [6, 6.07) is 10.8. The normalized spacial score (nSPS) is 11.0. The highest BCUT2D eigenvalue weighted by Gasteiger charge is 2.18. The summed E-state index contributed by atoms with van der Waals surface area (Å²) in [6.45, 7) is 5.07. The smallest absolute Gasteiger partial charge is 0.332 e. The van der Waals surface area contributed by atoms with E-state index < -0.39 is 0 Å². The van der Waals surface area contributed by atoms with E-state index in [-0.39, 0.29) is 28.4 Å². The van der Waals surface area contributed by atoms with Crippen molar-refractivity contribution in [2.75, 3.05) is 56.9 Å². The highest BCUT2D eigenvalue weighted by molar-refractivity contribution is 6.32. The molecule has 0 unspecified atom stereocenters. The number of ether oxygens (including phenoxy) is 1. The molecule has 0 saturated carbocycles. The summed E-state index contributed by atoms with van der Waals surface area (Å²) in [6.07, 6.45) is 2.62. The van der Waals surface area contributed by atoms with Gasteiger partial charge in [-0.2, -0.15) is 4.98 Å². The summed E-state index contributed by atoms with van der Waals surface area (Å²) in [5.74, 6) is 0.533. The molecular weight excluding hydrogens is 508 g/mol. The Morgan fingerprint density at radius 3 is 2.68 bits per heavy atom. The number of H-pyrrole nitrogens is 1. The summed E-state index contributed by atoms with van der Waals surface area (Å²) in [4.78, 5) is 40.6. The van der Waals surface area contributed by atoms with Gasteiger partial charge in [-0.1, -0.05) is 30.3 Å². The molecule has 1 amide bonds. The number of nitrogens with zero attached hydrogens (tertiary/aromatic N) is 5. The first-order chi connectivity index (χ1) is 18.2. The number of likely N-dealkylation sites (N-methyl/N-ethyl adjacent to an activating group) is 2. The number of halogens is 1. The van der Waals surface area contributed by atoms with Crippen LogP contribution in [0.3, 0.4) is 0 Å². The maximum Gasteiger partial charge on any atom is 0.332 e. The minimum absolute atomic E-state index is 0.176. The number of aromatic amines is 1. The van der Waals surface area contributed by atoms with Crippen LogP contribution in [-0.4, -0.2) is 71.7 Å². The number of carbonyl (C=O) groups excluding carboxylic acids is 1. The van der Waals surface area contributed by atoms with Crippen LogP contribution in [0.25, 0.3) is 16.9 Å². The van der Waals surface area contributed by atoms with Gasteiger partial charge in [-0.05, 0) is 38.4 Å². The largest absolute Gasteiger partial charge is 0.494 e. The Labute approximate surface area is 224 Å². The van der Waals surface area contributed by atoms with Crippen LogP contribution < -0.4 is 26.0 Å². The molecule has 0 aliphatic heterocycles. The molecule has 0 fully saturated rings. The van der Waals surface area contributed by atoms with E-state index in [1.165, 1.54) is 16.8 Å². The number of fused-ring (bicyclic) bond motifs is 1. The molecule has 0 atom stereocenters. The van der Waals surface area contributed by atoms with Crippen LogP contribution in [0, 0.1) is 0 Å². The molecule has 2 aromatic carbocycles. The lowest BCUT2D eigenvalue weighted by Gasteiger charge is -2.26. The molecule has 2 heterocycles. The first-order valence-electron chi connectivity index (χ1n) is 11.7. The summed E-state index contributed by atoms with van der Waals surface area (Å²) in [7, 11) is 7.47. The molecule has 0 aliphatic rings. The third kappa shape index (κ3) is 5.63. The van der Waals surface area contributed by atoms with Crippen molar-refractivity contribution in [3.63, 3.8) is 0 Å². The van der Waals surface area contributed by atoms with Crippen molar-refractivity contribution in [2.24, 2.45) is 0 Å². The monoisotopic (exact) mass is 536 g/mol. The summed E-state index contributed by atoms with van der Waals surface area (Å²) >= 11 is 6.41. The van der Waals surface area contributed by atoms with E-state index in [0.29, 0.717) is 34.7 Å². The lowest BCUT2D eigenvalue weighted by molar-refractivity contribution is -0.111. The fourth-order valence-electron chi connectivity index (χ4n) is 3.87. The van der Waals surface area contributed by atoms with Crippen molar-refractivity contribution in [3.8, 4) is 11.6 Å². The molecule has 4 rings (SSSR count). The molecule has 12 heteroatoms. The van der Waals surface area contributed by atoms with Crippen LogP contribution in [0.15, 0.2) is 60.0 Å². The summed E-state index contributed by atoms with van der Waals surface area (Å²) in [5, 5.41) is 6.19. The third-order valence-electron chi connectivity index (χ3n) is 5.83. The van der Waals surface area contributed by atoms with E-state index in [1.54, 1.807) is 25.3 Å². The van der Waals surface area contributed by atoms with Crippen molar-refractivity contribution in [2.45, 2.75) is 0 Å². The number of hydrogen-bond acceptors (Lipinski definition) is 8. The number of imidazole rings is 1. The predicted octanol–water partition coefficient (Wildman–Crippen LogP) is 3.64. The van der Waals surface area contributed by atoms with Gasteiger partial charge in [0.15, 0.2) is 5.82 Å². The zero-order valence-corrected chi connectivity index (χ0v) is 22.3. The molecule has 0 aliphatic carbocycles. The average molecular weight is 537 g/mol. The van der Waals surface area contributed by atoms with E-state index in [2.05, 4.69) is 37.1 Å². The molecule has 0 radical (unpaired) electrons. The van der Waals surface area contributed by atoms with E-state index in [9.17, 15) is 9.59 Å². The fourth-order valence-corrected chi connectivity index (χ4v) is 4.04. The Morgan fingerprint density at radius 2 is 1.97 bits per heavy atom. The van der Waals surface area contributed by atoms with E-state index in [0.717, 1.165) is 12.2 Å². The molecule has 0 saturated heterocycles. The van der Waals surface area contributed by atoms with Crippen molar-refractivity contribution in [1.82, 2.24) is 24.4 Å². The van der Waals surface area contributed by atoms with Gasteiger partial charge in [-0.3, -0.25) is 4.79 Å². The van der Waals surface area contributed by atoms with E-state index in [4.69, 9.17) is 16.3 Å². The van der Waals surface area contributed by atoms with Crippen LogP contribution in [-0.2, 0) is 4.79 Å². The molecule has 0 bridgehead atoms. The SMILES string of the molecule is C=CC(=O)Nc1cc(Nc2ncc(Cl)c(-n3c(=O)[nH]c4ccccc43)n2)c(OC)cc1N(C)CCN(C)C. The molecule has 0 spiro atoms. The van der Waals surface area contributed by atoms with Crippen LogP contribution >= 0.6 is 11.6 Å². The third-order valence-corrected chi connectivity index (χ3v) is 6.10. The Balaban J connectivity index is 1.75. The van der Waals surface area contributed by atoms with Crippen LogP contribution in [0.1, 0.15) is 0 Å². The molecule has 4 aromatic rings. The minimum atomic E-state index is -0.380. The number of aromatic nitrogens is 4. The Morgan fingerprint density at radius 1 is 1.21 bits per heavy atom. The van der Waals surface area contributed by atoms with Gasteiger partial charge in [0.1, 0.15) is 10.8 Å². The number of amides is 1. The zero-order chi connectivity index (χ0) is 27.4. The van der Waals surface area contributed by atoms with Crippen LogP contribution in [0.5, 0.6) is 5.75 Å². The lowest BCUT2D eigenvalue weighted by Crippen LogP contribution is -2.29. The standard InChI is InChI=1S/C26H29ClN8O3/c1-6-23(36)29-18-13-19(22(38-5)14-21(18)34(4)12-11-33(2)3)30-25-28-15-16(27)24(32-25)35-20-10-8-7-9-17(20)31-26(35)37/h6-10,13-15H,1,11-12H2,2-5H3,(H,29,36)(H,31,37)(H,28,30,32). The Hall–Kier alpha value is -4.35. The van der Waals surface area contributed by atoms with Crippen LogP contribution in [0.4, 0.5) is 23.0 Å². The highest BCUT2D eigenvalue weighted by atomic mass is 35.5. The first kappa shape index (κ1) is 26.7. The molecule has 198 valence electrons. The maximum absolute atomic E-state index is 12.7. The number of para-hydroxylation sites is 2. The van der Waals surface area contributed by atoms with Gasteiger partial charge in [0.05, 0.1) is 41.4 Å². The maximum atomic E-state index is 12.7. The highest BCUT2D eigenvalue weighted by Crippen LogP contribution is 2.38. The number of methoxy groups -OCH3 is 1. The molecule has 3 N–H and O–H groups in total. The number of anilines is 4. The second kappa shape index (κ2) is 11.4. The second-order valence-electron chi connectivity index (χ2n) is 8.76. The number of benzene rings is 2. The fraction of sp³-hybridized carbons (Fsp3) is 0.231. The van der Waals surface area contributed by atoms with Gasteiger partial charge >= 0.3 is 5.69 Å². The topological polar surface area (TPSA) is 120 Å². The zero-order valence-electron chi connectivity index (χ0n) is 21.6. The lowest BCUT2D eigenvalue weighted by atomic mass is 10.2. The Kier molecular flexibility index (Phi) is 7.99. The Bertz CT molecular complexity index is 1550. The number of rotatable bonds is 10. The van der Waals surface area contributed by atoms with Gasteiger partial charge in [0.2, 0.25) is 11.9 Å². The van der Waals surface area contributed by atoms with Crippen molar-refractivity contribution < 1.29 is 9.53 Å². The average Bonchev–Trinajstić information content (AvgIpc) is 3.23. The van der Waals surface area contributed by atoms with Crippen molar-refractivity contribution in [1.29, 1.82) is 0 Å². The quantitative estimate of drug-likeness (QED) is 0.263. The summed E-state index contributed by atoms with van der Waals surface area (Å²) < 4.78 is 7.04.